The molecule has 26 heavy (non-hydrogen) atoms. The predicted molar refractivity (Wildman–Crippen MR) is 96.4 cm³/mol. The van der Waals surface area contributed by atoms with E-state index in [0.717, 1.165) is 5.56 Å². The van der Waals surface area contributed by atoms with Crippen molar-refractivity contribution in [1.29, 1.82) is 0 Å². The van der Waals surface area contributed by atoms with Crippen molar-refractivity contribution in [1.82, 2.24) is 9.55 Å². The van der Waals surface area contributed by atoms with Crippen LogP contribution in [0.25, 0.3) is 15.9 Å². The number of anilines is 1. The van der Waals surface area contributed by atoms with Crippen LogP contribution in [0.1, 0.15) is 12.5 Å². The van der Waals surface area contributed by atoms with Gasteiger partial charge >= 0.3 is 0 Å². The van der Waals surface area contributed by atoms with Crippen LogP contribution in [0.3, 0.4) is 0 Å². The van der Waals surface area contributed by atoms with Crippen molar-refractivity contribution in [3.05, 3.63) is 65.5 Å². The molecule has 3 aromatic rings. The molecule has 0 aliphatic carbocycles. The Kier molecular flexibility index (Phi) is 4.45. The molecule has 7 heteroatoms. The van der Waals surface area contributed by atoms with Gasteiger partial charge in [0.1, 0.15) is 5.82 Å². The van der Waals surface area contributed by atoms with E-state index in [9.17, 15) is 14.3 Å². The highest BCUT2D eigenvalue weighted by Gasteiger charge is 2.31. The average molecular weight is 352 g/mol. The van der Waals surface area contributed by atoms with E-state index >= 15 is 0 Å². The van der Waals surface area contributed by atoms with Crippen molar-refractivity contribution in [3.63, 3.8) is 0 Å². The van der Waals surface area contributed by atoms with Crippen molar-refractivity contribution in [3.8, 4) is 0 Å². The molecule has 2 aromatic carbocycles. The molecule has 0 radical (unpaired) electrons. The molecule has 0 saturated heterocycles. The van der Waals surface area contributed by atoms with Gasteiger partial charge in [0.25, 0.3) is 5.91 Å². The molecule has 1 atom stereocenters. The largest absolute Gasteiger partial charge is 0.378 e. The van der Waals surface area contributed by atoms with Crippen molar-refractivity contribution in [2.75, 3.05) is 5.32 Å². The number of carbonyl (C=O) groups is 1. The second-order valence-corrected chi connectivity index (χ2v) is 6.35. The highest BCUT2D eigenvalue weighted by molar-refractivity contribution is 5.97. The Balaban J connectivity index is 1.79. The monoisotopic (exact) mass is 352 g/mol. The molecule has 1 heterocycles. The highest BCUT2D eigenvalue weighted by atomic mass is 19.1. The highest BCUT2D eigenvalue weighted by Crippen LogP contribution is 2.23. The molecule has 1 aromatic heterocycles. The number of imidazole rings is 1. The van der Waals surface area contributed by atoms with Crippen LogP contribution in [0.2, 0.25) is 0 Å². The van der Waals surface area contributed by atoms with Gasteiger partial charge in [0.15, 0.2) is 11.3 Å². The van der Waals surface area contributed by atoms with Crippen LogP contribution in [0.15, 0.2) is 42.7 Å². The molecular formula is C19H17FN4O2. The van der Waals surface area contributed by atoms with Crippen LogP contribution in [-0.2, 0) is 11.3 Å². The second-order valence-electron chi connectivity index (χ2n) is 6.35. The van der Waals surface area contributed by atoms with E-state index in [4.69, 9.17) is 6.57 Å². The van der Waals surface area contributed by atoms with Crippen LogP contribution in [0, 0.1) is 19.3 Å². The number of aliphatic hydroxyl groups is 1. The number of aromatic nitrogens is 2. The summed E-state index contributed by atoms with van der Waals surface area (Å²) in [6.45, 7) is 10.2. The third kappa shape index (κ3) is 3.41. The van der Waals surface area contributed by atoms with Gasteiger partial charge in [-0.15, -0.1) is 0 Å². The smallest absolute Gasteiger partial charge is 0.257 e. The van der Waals surface area contributed by atoms with Crippen LogP contribution in [0.5, 0.6) is 0 Å². The van der Waals surface area contributed by atoms with E-state index in [-0.39, 0.29) is 6.54 Å². The van der Waals surface area contributed by atoms with E-state index in [1.807, 2.05) is 0 Å². The molecule has 1 amide bonds. The molecule has 2 N–H and O–H groups in total. The Labute approximate surface area is 149 Å². The number of hydrogen-bond acceptors (Lipinski definition) is 3. The van der Waals surface area contributed by atoms with Gasteiger partial charge in [-0.25, -0.2) is 14.2 Å². The third-order valence-corrected chi connectivity index (χ3v) is 4.13. The number of aryl methyl sites for hydroxylation is 1. The predicted octanol–water partition coefficient (Wildman–Crippen LogP) is 3.42. The first-order chi connectivity index (χ1) is 12.3. The maximum absolute atomic E-state index is 13.3. The summed E-state index contributed by atoms with van der Waals surface area (Å²) in [6, 6.07) is 9.06. The second kappa shape index (κ2) is 6.58. The lowest BCUT2D eigenvalue weighted by Gasteiger charge is -2.23. The van der Waals surface area contributed by atoms with Crippen molar-refractivity contribution >= 4 is 28.3 Å². The summed E-state index contributed by atoms with van der Waals surface area (Å²) in [7, 11) is 0. The molecule has 0 spiro atoms. The molecule has 0 bridgehead atoms. The fraction of sp³-hybridized carbons (Fsp3) is 0.211. The van der Waals surface area contributed by atoms with Gasteiger partial charge in [0.05, 0.1) is 30.5 Å². The van der Waals surface area contributed by atoms with Gasteiger partial charge in [-0.05, 0) is 43.7 Å². The zero-order valence-corrected chi connectivity index (χ0v) is 14.3. The minimum absolute atomic E-state index is 0.0416. The Morgan fingerprint density at radius 3 is 2.85 bits per heavy atom. The van der Waals surface area contributed by atoms with E-state index in [2.05, 4.69) is 15.1 Å². The number of amides is 1. The Bertz CT molecular complexity index is 1030. The van der Waals surface area contributed by atoms with Crippen LogP contribution >= 0.6 is 0 Å². The van der Waals surface area contributed by atoms with E-state index in [0.29, 0.717) is 22.4 Å². The summed E-state index contributed by atoms with van der Waals surface area (Å²) in [5.74, 6) is -0.984. The summed E-state index contributed by atoms with van der Waals surface area (Å²) in [6.07, 6.45) is 1.46. The van der Waals surface area contributed by atoms with Gasteiger partial charge in [0, 0.05) is 11.8 Å². The molecule has 132 valence electrons. The standard InChI is InChI=1S/C19H17FN4O2/c1-12-8-14(5-6-15(12)21-3)23-18(25)19(2,26)10-24-11-22-16-9-13(20)4-7-17(16)24/h4-9,11,26H,10H2,1-2H3,(H,23,25)/t19-/m0/s1. The number of benzene rings is 2. The topological polar surface area (TPSA) is 71.5 Å². The van der Waals surface area contributed by atoms with Crippen molar-refractivity contribution in [2.45, 2.75) is 26.0 Å². The van der Waals surface area contributed by atoms with Gasteiger partial charge in [-0.2, -0.15) is 0 Å². The maximum atomic E-state index is 13.3. The van der Waals surface area contributed by atoms with Crippen LogP contribution < -0.4 is 5.32 Å². The number of nitrogens with zero attached hydrogens (tertiary/aromatic N) is 3. The summed E-state index contributed by atoms with van der Waals surface area (Å²) in [4.78, 5) is 20.0. The molecule has 0 saturated carbocycles. The number of nitrogens with one attached hydrogen (secondary N) is 1. The Morgan fingerprint density at radius 2 is 2.15 bits per heavy atom. The van der Waals surface area contributed by atoms with Crippen molar-refractivity contribution < 1.29 is 14.3 Å². The number of rotatable bonds is 4. The minimum Gasteiger partial charge on any atom is -0.378 e. The molecule has 0 aliphatic heterocycles. The third-order valence-electron chi connectivity index (χ3n) is 4.13. The first-order valence-corrected chi connectivity index (χ1v) is 7.92. The summed E-state index contributed by atoms with van der Waals surface area (Å²) < 4.78 is 14.9. The lowest BCUT2D eigenvalue weighted by molar-refractivity contribution is -0.133. The Hall–Kier alpha value is -3.24. The molecule has 0 unspecified atom stereocenters. The van der Waals surface area contributed by atoms with Crippen molar-refractivity contribution in [2.24, 2.45) is 0 Å². The number of halogens is 1. The quantitative estimate of drug-likeness (QED) is 0.707. The fourth-order valence-electron chi connectivity index (χ4n) is 2.69. The molecule has 3 rings (SSSR count). The summed E-state index contributed by atoms with van der Waals surface area (Å²) >= 11 is 0. The first-order valence-electron chi connectivity index (χ1n) is 7.92. The fourth-order valence-corrected chi connectivity index (χ4v) is 2.69. The maximum Gasteiger partial charge on any atom is 0.257 e. The van der Waals surface area contributed by atoms with Gasteiger partial charge in [-0.1, -0.05) is 6.07 Å². The van der Waals surface area contributed by atoms with E-state index < -0.39 is 17.3 Å². The van der Waals surface area contributed by atoms with Gasteiger partial charge in [-0.3, -0.25) is 4.79 Å². The first kappa shape index (κ1) is 17.6. The number of fused-ring (bicyclic) bond motifs is 1. The lowest BCUT2D eigenvalue weighted by atomic mass is 10.1. The zero-order chi connectivity index (χ0) is 18.9. The zero-order valence-electron chi connectivity index (χ0n) is 14.3. The average Bonchev–Trinajstić information content (AvgIpc) is 2.96. The van der Waals surface area contributed by atoms with Crippen LogP contribution in [-0.4, -0.2) is 26.2 Å². The van der Waals surface area contributed by atoms with E-state index in [1.54, 1.807) is 35.8 Å². The molecule has 6 nitrogen and oxygen atoms in total. The summed E-state index contributed by atoms with van der Waals surface area (Å²) in [5.41, 5.74) is 1.10. The molecular weight excluding hydrogens is 335 g/mol. The van der Waals surface area contributed by atoms with E-state index in [1.165, 1.54) is 25.4 Å². The number of hydrogen-bond donors (Lipinski definition) is 2. The van der Waals surface area contributed by atoms with Gasteiger partial charge < -0.3 is 15.0 Å². The summed E-state index contributed by atoms with van der Waals surface area (Å²) in [5, 5.41) is 13.3. The SMILES string of the molecule is [C-]#[N+]c1ccc(NC(=O)[C@@](C)(O)Cn2cnc3cc(F)ccc32)cc1C. The Morgan fingerprint density at radius 1 is 1.38 bits per heavy atom. The molecule has 0 fully saturated rings. The van der Waals surface area contributed by atoms with Crippen LogP contribution in [0.4, 0.5) is 15.8 Å². The minimum atomic E-state index is -1.71. The molecule has 0 aliphatic rings. The normalized spacial score (nSPS) is 13.2. The number of carbonyl (C=O) groups excluding carboxylic acids is 1. The lowest BCUT2D eigenvalue weighted by Crippen LogP contribution is -2.43. The van der Waals surface area contributed by atoms with Gasteiger partial charge in [0.2, 0.25) is 0 Å².